The van der Waals surface area contributed by atoms with E-state index in [1.165, 1.54) is 0 Å². The molecule has 0 aromatic carbocycles. The zero-order valence-corrected chi connectivity index (χ0v) is 11.0. The SMILES string of the molecule is Cc1ccc(CSCc2cc(C(=O)O)c(C)o2)o1. The van der Waals surface area contributed by atoms with Crippen molar-refractivity contribution in [1.29, 1.82) is 0 Å². The van der Waals surface area contributed by atoms with E-state index in [4.69, 9.17) is 13.9 Å². The second-order valence-corrected chi connectivity index (χ2v) is 4.98. The van der Waals surface area contributed by atoms with Gasteiger partial charge in [-0.1, -0.05) is 0 Å². The molecule has 0 atom stereocenters. The molecule has 0 spiro atoms. The van der Waals surface area contributed by atoms with Crippen molar-refractivity contribution in [3.8, 4) is 0 Å². The molecule has 1 N–H and O–H groups in total. The Labute approximate surface area is 109 Å². The number of rotatable bonds is 5. The summed E-state index contributed by atoms with van der Waals surface area (Å²) in [5, 5.41) is 8.90. The van der Waals surface area contributed by atoms with E-state index in [2.05, 4.69) is 0 Å². The van der Waals surface area contributed by atoms with Crippen LogP contribution in [0.5, 0.6) is 0 Å². The van der Waals surface area contributed by atoms with Crippen molar-refractivity contribution in [2.75, 3.05) is 0 Å². The predicted molar refractivity (Wildman–Crippen MR) is 68.8 cm³/mol. The van der Waals surface area contributed by atoms with Crippen molar-refractivity contribution in [2.45, 2.75) is 25.4 Å². The summed E-state index contributed by atoms with van der Waals surface area (Å²) in [7, 11) is 0. The van der Waals surface area contributed by atoms with Crippen LogP contribution in [0.25, 0.3) is 0 Å². The van der Waals surface area contributed by atoms with Crippen LogP contribution in [-0.4, -0.2) is 11.1 Å². The highest BCUT2D eigenvalue weighted by Gasteiger charge is 2.13. The quantitative estimate of drug-likeness (QED) is 0.895. The van der Waals surface area contributed by atoms with Gasteiger partial charge in [0.2, 0.25) is 0 Å². The minimum Gasteiger partial charge on any atom is -0.478 e. The molecular formula is C13H14O4S. The lowest BCUT2D eigenvalue weighted by Crippen LogP contribution is -1.94. The third kappa shape index (κ3) is 2.98. The first kappa shape index (κ1) is 12.8. The van der Waals surface area contributed by atoms with Crippen molar-refractivity contribution < 1.29 is 18.7 Å². The van der Waals surface area contributed by atoms with Crippen molar-refractivity contribution in [2.24, 2.45) is 0 Å². The Morgan fingerprint density at radius 2 is 1.94 bits per heavy atom. The molecule has 0 aliphatic carbocycles. The summed E-state index contributed by atoms with van der Waals surface area (Å²) in [6.07, 6.45) is 0. The van der Waals surface area contributed by atoms with Crippen LogP contribution in [0.4, 0.5) is 0 Å². The van der Waals surface area contributed by atoms with Gasteiger partial charge >= 0.3 is 5.97 Å². The molecule has 2 aromatic heterocycles. The van der Waals surface area contributed by atoms with Crippen LogP contribution in [-0.2, 0) is 11.5 Å². The first-order valence-electron chi connectivity index (χ1n) is 5.52. The molecule has 18 heavy (non-hydrogen) atoms. The molecular weight excluding hydrogens is 252 g/mol. The summed E-state index contributed by atoms with van der Waals surface area (Å²) in [6.45, 7) is 3.57. The molecule has 0 fully saturated rings. The summed E-state index contributed by atoms with van der Waals surface area (Å²) in [5.74, 6) is 3.37. The number of carbonyl (C=O) groups is 1. The zero-order chi connectivity index (χ0) is 13.1. The molecule has 0 saturated heterocycles. The minimum atomic E-state index is -0.950. The van der Waals surface area contributed by atoms with Gasteiger partial charge in [0.1, 0.15) is 28.6 Å². The third-order valence-electron chi connectivity index (χ3n) is 2.48. The molecule has 96 valence electrons. The van der Waals surface area contributed by atoms with Crippen LogP contribution >= 0.6 is 11.8 Å². The lowest BCUT2D eigenvalue weighted by atomic mass is 10.2. The van der Waals surface area contributed by atoms with E-state index in [0.29, 0.717) is 17.3 Å². The van der Waals surface area contributed by atoms with Crippen LogP contribution in [0.2, 0.25) is 0 Å². The second-order valence-electron chi connectivity index (χ2n) is 3.99. The van der Waals surface area contributed by atoms with Gasteiger partial charge < -0.3 is 13.9 Å². The fourth-order valence-electron chi connectivity index (χ4n) is 1.64. The maximum Gasteiger partial charge on any atom is 0.339 e. The molecule has 2 aromatic rings. The van der Waals surface area contributed by atoms with Gasteiger partial charge in [0.05, 0.1) is 11.5 Å². The molecule has 0 amide bonds. The van der Waals surface area contributed by atoms with E-state index in [1.54, 1.807) is 24.8 Å². The molecule has 2 rings (SSSR count). The average Bonchev–Trinajstić information content (AvgIpc) is 2.85. The highest BCUT2D eigenvalue weighted by Crippen LogP contribution is 2.22. The van der Waals surface area contributed by atoms with Crippen LogP contribution in [0.1, 0.15) is 33.4 Å². The molecule has 0 aliphatic heterocycles. The maximum absolute atomic E-state index is 10.9. The Morgan fingerprint density at radius 1 is 1.22 bits per heavy atom. The van der Waals surface area contributed by atoms with Crippen LogP contribution in [0.15, 0.2) is 27.0 Å². The standard InChI is InChI=1S/C13H14O4S/c1-8-3-4-10(16-8)6-18-7-11-5-12(13(14)15)9(2)17-11/h3-5H,6-7H2,1-2H3,(H,14,15). The molecule has 0 bridgehead atoms. The van der Waals surface area contributed by atoms with Gasteiger partial charge in [-0.25, -0.2) is 4.79 Å². The van der Waals surface area contributed by atoms with E-state index in [9.17, 15) is 4.79 Å². The van der Waals surface area contributed by atoms with Gasteiger partial charge in [0.25, 0.3) is 0 Å². The van der Waals surface area contributed by atoms with Crippen LogP contribution < -0.4 is 0 Å². The van der Waals surface area contributed by atoms with Gasteiger partial charge in [-0.2, -0.15) is 0 Å². The summed E-state index contributed by atoms with van der Waals surface area (Å²) in [4.78, 5) is 10.9. The highest BCUT2D eigenvalue weighted by atomic mass is 32.2. The Kier molecular flexibility index (Phi) is 3.81. The molecule has 0 aliphatic rings. The Hall–Kier alpha value is -1.62. The molecule has 0 saturated carbocycles. The van der Waals surface area contributed by atoms with Crippen molar-refractivity contribution in [3.63, 3.8) is 0 Å². The number of hydrogen-bond donors (Lipinski definition) is 1. The topological polar surface area (TPSA) is 63.6 Å². The number of carboxylic acid groups (broad SMARTS) is 1. The lowest BCUT2D eigenvalue weighted by molar-refractivity contribution is 0.0695. The number of aryl methyl sites for hydroxylation is 2. The summed E-state index contributed by atoms with van der Waals surface area (Å²) < 4.78 is 10.8. The molecule has 5 heteroatoms. The number of furan rings is 2. The first-order valence-corrected chi connectivity index (χ1v) is 6.67. The fourth-order valence-corrected chi connectivity index (χ4v) is 2.44. The summed E-state index contributed by atoms with van der Waals surface area (Å²) in [5.41, 5.74) is 0.236. The van der Waals surface area contributed by atoms with E-state index >= 15 is 0 Å². The van der Waals surface area contributed by atoms with Gasteiger partial charge in [0, 0.05) is 0 Å². The maximum atomic E-state index is 10.9. The normalized spacial score (nSPS) is 10.8. The second kappa shape index (κ2) is 5.35. The number of aromatic carboxylic acids is 1. The van der Waals surface area contributed by atoms with Crippen molar-refractivity contribution in [3.05, 3.63) is 46.8 Å². The number of thioether (sulfide) groups is 1. The Balaban J connectivity index is 1.90. The van der Waals surface area contributed by atoms with Crippen molar-refractivity contribution >= 4 is 17.7 Å². The molecule has 2 heterocycles. The van der Waals surface area contributed by atoms with Gasteiger partial charge in [0.15, 0.2) is 0 Å². The smallest absolute Gasteiger partial charge is 0.339 e. The van der Waals surface area contributed by atoms with Gasteiger partial charge in [-0.15, -0.1) is 11.8 Å². The van der Waals surface area contributed by atoms with Gasteiger partial charge in [-0.05, 0) is 32.0 Å². The third-order valence-corrected chi connectivity index (χ3v) is 3.46. The Morgan fingerprint density at radius 3 is 2.50 bits per heavy atom. The lowest BCUT2D eigenvalue weighted by Gasteiger charge is -1.96. The summed E-state index contributed by atoms with van der Waals surface area (Å²) >= 11 is 1.63. The van der Waals surface area contributed by atoms with E-state index in [-0.39, 0.29) is 5.56 Å². The summed E-state index contributed by atoms with van der Waals surface area (Å²) in [6, 6.07) is 5.45. The minimum absolute atomic E-state index is 0.236. The zero-order valence-electron chi connectivity index (χ0n) is 10.2. The average molecular weight is 266 g/mol. The van der Waals surface area contributed by atoms with Crippen molar-refractivity contribution in [1.82, 2.24) is 0 Å². The predicted octanol–water partition coefficient (Wildman–Crippen LogP) is 3.62. The number of carboxylic acids is 1. The Bertz CT molecular complexity index is 553. The van der Waals surface area contributed by atoms with Crippen LogP contribution in [0, 0.1) is 13.8 Å². The van der Waals surface area contributed by atoms with E-state index < -0.39 is 5.97 Å². The van der Waals surface area contributed by atoms with Crippen LogP contribution in [0.3, 0.4) is 0 Å². The van der Waals surface area contributed by atoms with E-state index in [0.717, 1.165) is 17.3 Å². The van der Waals surface area contributed by atoms with Gasteiger partial charge in [-0.3, -0.25) is 0 Å². The largest absolute Gasteiger partial charge is 0.478 e. The highest BCUT2D eigenvalue weighted by molar-refractivity contribution is 7.97. The first-order chi connectivity index (χ1) is 8.56. The fraction of sp³-hybridized carbons (Fsp3) is 0.308. The number of hydrogen-bond acceptors (Lipinski definition) is 4. The monoisotopic (exact) mass is 266 g/mol. The van der Waals surface area contributed by atoms with E-state index in [1.807, 2.05) is 19.1 Å². The molecule has 0 radical (unpaired) electrons. The molecule has 4 nitrogen and oxygen atoms in total. The molecule has 0 unspecified atom stereocenters.